The Hall–Kier alpha value is -3.91. The largest absolute Gasteiger partial charge is 0.323 e. The number of carbonyl (C=O) groups is 3. The Morgan fingerprint density at radius 3 is 2.50 bits per heavy atom. The highest BCUT2D eigenvalue weighted by atomic mass is 32.1. The van der Waals surface area contributed by atoms with E-state index in [0.717, 1.165) is 51.4 Å². The van der Waals surface area contributed by atoms with Crippen molar-refractivity contribution in [1.82, 2.24) is 9.88 Å². The lowest BCUT2D eigenvalue weighted by atomic mass is 10.1. The second-order valence-electron chi connectivity index (χ2n) is 9.95. The number of carbonyl (C=O) groups excluding carboxylic acids is 3. The average molecular weight is 528 g/mol. The number of thiazole rings is 1. The summed E-state index contributed by atoms with van der Waals surface area (Å²) < 4.78 is 15.6. The molecule has 2 aliphatic rings. The normalized spacial score (nSPS) is 18.1. The summed E-state index contributed by atoms with van der Waals surface area (Å²) in [4.78, 5) is 47.7. The molecule has 1 aliphatic heterocycles. The van der Waals surface area contributed by atoms with Crippen molar-refractivity contribution in [2.45, 2.75) is 51.1 Å². The van der Waals surface area contributed by atoms with Crippen molar-refractivity contribution in [2.24, 2.45) is 0 Å². The van der Waals surface area contributed by atoms with Gasteiger partial charge in [0.05, 0.1) is 27.9 Å². The molecule has 1 aliphatic carbocycles. The van der Waals surface area contributed by atoms with E-state index in [9.17, 15) is 18.8 Å². The average Bonchev–Trinajstić information content (AvgIpc) is 3.64. The molecule has 192 valence electrons. The van der Waals surface area contributed by atoms with Gasteiger partial charge in [-0.2, -0.15) is 0 Å². The van der Waals surface area contributed by atoms with Gasteiger partial charge in [0.2, 0.25) is 5.91 Å². The first-order valence-electron chi connectivity index (χ1n) is 12.8. The number of hydrogen-bond acceptors (Lipinski definition) is 5. The summed E-state index contributed by atoms with van der Waals surface area (Å²) in [6, 6.07) is 18.0. The van der Waals surface area contributed by atoms with Gasteiger partial charge in [0.15, 0.2) is 0 Å². The van der Waals surface area contributed by atoms with Crippen LogP contribution in [-0.2, 0) is 9.59 Å². The molecule has 3 aromatic carbocycles. The fourth-order valence-electron chi connectivity index (χ4n) is 5.53. The second kappa shape index (κ2) is 9.76. The summed E-state index contributed by atoms with van der Waals surface area (Å²) in [6.45, 7) is 2.04. The molecule has 0 spiro atoms. The Kier molecular flexibility index (Phi) is 6.27. The topological polar surface area (TPSA) is 70.6 Å². The van der Waals surface area contributed by atoms with E-state index >= 15 is 0 Å². The number of hydrogen-bond donors (Lipinski definition) is 0. The molecule has 1 atom stereocenters. The highest BCUT2D eigenvalue weighted by molar-refractivity contribution is 7.21. The third kappa shape index (κ3) is 4.28. The van der Waals surface area contributed by atoms with Crippen LogP contribution in [0.4, 0.5) is 10.1 Å². The molecule has 2 fully saturated rings. The van der Waals surface area contributed by atoms with Crippen LogP contribution in [0.25, 0.3) is 20.8 Å². The Balaban J connectivity index is 1.28. The van der Waals surface area contributed by atoms with Crippen LogP contribution in [0.5, 0.6) is 0 Å². The van der Waals surface area contributed by atoms with Crippen LogP contribution in [0.1, 0.15) is 48.0 Å². The predicted octanol–water partition coefficient (Wildman–Crippen LogP) is 6.13. The number of nitrogens with zero attached hydrogens (tertiary/aromatic N) is 3. The number of anilines is 1. The van der Waals surface area contributed by atoms with Gasteiger partial charge >= 0.3 is 0 Å². The molecule has 1 aromatic heterocycles. The van der Waals surface area contributed by atoms with E-state index in [1.54, 1.807) is 29.5 Å². The summed E-state index contributed by atoms with van der Waals surface area (Å²) in [5.41, 5.74) is 3.37. The number of aryl methyl sites for hydroxylation is 1. The van der Waals surface area contributed by atoms with Crippen LogP contribution < -0.4 is 4.90 Å². The number of amides is 3. The summed E-state index contributed by atoms with van der Waals surface area (Å²) in [7, 11) is 0. The second-order valence-corrected chi connectivity index (χ2v) is 11.0. The van der Waals surface area contributed by atoms with Crippen molar-refractivity contribution in [2.75, 3.05) is 4.90 Å². The fourth-order valence-corrected chi connectivity index (χ4v) is 6.60. The maximum absolute atomic E-state index is 14.5. The first kappa shape index (κ1) is 24.4. The van der Waals surface area contributed by atoms with Crippen LogP contribution >= 0.6 is 11.3 Å². The van der Waals surface area contributed by atoms with Gasteiger partial charge in [-0.05, 0) is 73.9 Å². The molecule has 1 unspecified atom stereocenters. The first-order chi connectivity index (χ1) is 18.4. The predicted molar refractivity (Wildman–Crippen MR) is 146 cm³/mol. The Morgan fingerprint density at radius 1 is 1.03 bits per heavy atom. The fraction of sp³-hybridized carbons (Fsp3) is 0.267. The summed E-state index contributed by atoms with van der Waals surface area (Å²) in [5.74, 6) is -1.98. The standard InChI is InChI=1S/C30H26FN3O3S/c1-18-10-15-24-26(16-18)38-28(32-24)19-11-13-21(14-12-19)34-27(35)17-25(30(34)37)33(20-6-2-3-7-20)29(36)22-8-4-5-9-23(22)31/h4-5,8-16,20,25H,2-3,6-7,17H2,1H3. The molecule has 1 saturated heterocycles. The van der Waals surface area contributed by atoms with E-state index in [1.165, 1.54) is 28.7 Å². The quantitative estimate of drug-likeness (QED) is 0.293. The highest BCUT2D eigenvalue weighted by Crippen LogP contribution is 2.35. The summed E-state index contributed by atoms with van der Waals surface area (Å²) in [5, 5.41) is 0.858. The van der Waals surface area contributed by atoms with Gasteiger partial charge in [-0.25, -0.2) is 14.3 Å². The third-order valence-corrected chi connectivity index (χ3v) is 8.50. The number of fused-ring (bicyclic) bond motifs is 1. The molecule has 2 heterocycles. The van der Waals surface area contributed by atoms with Crippen molar-refractivity contribution < 1.29 is 18.8 Å². The number of rotatable bonds is 5. The Morgan fingerprint density at radius 2 is 1.76 bits per heavy atom. The molecule has 6 rings (SSSR count). The smallest absolute Gasteiger partial charge is 0.257 e. The van der Waals surface area contributed by atoms with E-state index in [-0.39, 0.29) is 23.9 Å². The van der Waals surface area contributed by atoms with Crippen molar-refractivity contribution in [3.63, 3.8) is 0 Å². The maximum atomic E-state index is 14.5. The van der Waals surface area contributed by atoms with Gasteiger partial charge in [-0.1, -0.05) is 31.0 Å². The minimum atomic E-state index is -0.954. The molecule has 38 heavy (non-hydrogen) atoms. The van der Waals surface area contributed by atoms with Crippen molar-refractivity contribution in [3.05, 3.63) is 83.7 Å². The third-order valence-electron chi connectivity index (χ3n) is 7.43. The molecule has 0 radical (unpaired) electrons. The van der Waals surface area contributed by atoms with Gasteiger partial charge in [0, 0.05) is 11.6 Å². The molecule has 8 heteroatoms. The molecule has 6 nitrogen and oxygen atoms in total. The Labute approximate surface area is 223 Å². The van der Waals surface area contributed by atoms with Crippen molar-refractivity contribution in [1.29, 1.82) is 0 Å². The summed E-state index contributed by atoms with van der Waals surface area (Å²) >= 11 is 1.59. The van der Waals surface area contributed by atoms with E-state index in [4.69, 9.17) is 4.98 Å². The number of aromatic nitrogens is 1. The number of benzene rings is 3. The number of imide groups is 1. The molecule has 4 aromatic rings. The van der Waals surface area contributed by atoms with Gasteiger partial charge in [0.1, 0.15) is 16.9 Å². The van der Waals surface area contributed by atoms with Crippen molar-refractivity contribution in [3.8, 4) is 10.6 Å². The minimum absolute atomic E-state index is 0.0755. The van der Waals surface area contributed by atoms with Crippen LogP contribution in [0.3, 0.4) is 0 Å². The highest BCUT2D eigenvalue weighted by Gasteiger charge is 2.47. The molecule has 0 N–H and O–H groups in total. The van der Waals surface area contributed by atoms with Crippen LogP contribution in [0.15, 0.2) is 66.7 Å². The van der Waals surface area contributed by atoms with Crippen molar-refractivity contribution >= 4 is 45.0 Å². The first-order valence-corrected chi connectivity index (χ1v) is 13.6. The van der Waals surface area contributed by atoms with E-state index < -0.39 is 23.7 Å². The van der Waals surface area contributed by atoms with Crippen LogP contribution in [0.2, 0.25) is 0 Å². The van der Waals surface area contributed by atoms with E-state index in [2.05, 4.69) is 6.07 Å². The van der Waals surface area contributed by atoms with E-state index in [0.29, 0.717) is 5.69 Å². The number of halogens is 1. The molecule has 3 amide bonds. The molecular formula is C30H26FN3O3S. The maximum Gasteiger partial charge on any atom is 0.257 e. The van der Waals surface area contributed by atoms with E-state index in [1.807, 2.05) is 31.2 Å². The van der Waals surface area contributed by atoms with Gasteiger partial charge in [-0.3, -0.25) is 14.4 Å². The lowest BCUT2D eigenvalue weighted by Gasteiger charge is -2.33. The summed E-state index contributed by atoms with van der Waals surface area (Å²) in [6.07, 6.45) is 3.20. The lowest BCUT2D eigenvalue weighted by molar-refractivity contribution is -0.123. The zero-order chi connectivity index (χ0) is 26.4. The van der Waals surface area contributed by atoms with Gasteiger partial charge in [0.25, 0.3) is 11.8 Å². The SMILES string of the molecule is Cc1ccc2nc(-c3ccc(N4C(=O)CC(N(C(=O)c5ccccc5F)C5CCCC5)C4=O)cc3)sc2c1. The van der Waals surface area contributed by atoms with Crippen LogP contribution in [-0.4, -0.2) is 39.7 Å². The monoisotopic (exact) mass is 527 g/mol. The van der Waals surface area contributed by atoms with Gasteiger partial charge < -0.3 is 4.90 Å². The zero-order valence-corrected chi connectivity index (χ0v) is 21.7. The zero-order valence-electron chi connectivity index (χ0n) is 20.9. The van der Waals surface area contributed by atoms with Crippen LogP contribution in [0, 0.1) is 12.7 Å². The molecular weight excluding hydrogens is 501 g/mol. The molecule has 1 saturated carbocycles. The molecule has 0 bridgehead atoms. The minimum Gasteiger partial charge on any atom is -0.323 e. The lowest BCUT2D eigenvalue weighted by Crippen LogP contribution is -2.50. The Bertz CT molecular complexity index is 1560. The van der Waals surface area contributed by atoms with Gasteiger partial charge in [-0.15, -0.1) is 11.3 Å².